The molecule has 0 aliphatic carbocycles. The summed E-state index contributed by atoms with van der Waals surface area (Å²) in [5.74, 6) is 1.83. The van der Waals surface area contributed by atoms with Crippen LogP contribution in [0.2, 0.25) is 0 Å². The number of hydrogen-bond acceptors (Lipinski definition) is 3. The number of imidazole rings is 1. The lowest BCUT2D eigenvalue weighted by molar-refractivity contribution is 0.654. The molecule has 0 saturated carbocycles. The maximum absolute atomic E-state index is 11.1. The molecule has 0 bridgehead atoms. The molecule has 0 aliphatic heterocycles. The summed E-state index contributed by atoms with van der Waals surface area (Å²) in [6.45, 7) is 0.743. The zero-order chi connectivity index (χ0) is 13.1. The van der Waals surface area contributed by atoms with Gasteiger partial charge in [0.15, 0.2) is 5.65 Å². The van der Waals surface area contributed by atoms with Crippen LogP contribution in [0.15, 0.2) is 16.7 Å². The monoisotopic (exact) mass is 349 g/mol. The van der Waals surface area contributed by atoms with Crippen molar-refractivity contribution in [2.24, 2.45) is 0 Å². The molecular formula is C11H13BrClN3OS. The normalized spacial score (nSPS) is 13.1. The number of alkyl halides is 1. The van der Waals surface area contributed by atoms with Gasteiger partial charge in [-0.05, 0) is 28.4 Å². The zero-order valence-corrected chi connectivity index (χ0v) is 13.1. The lowest BCUT2D eigenvalue weighted by Crippen LogP contribution is -2.06. The second-order valence-corrected chi connectivity index (χ2v) is 6.68. The highest BCUT2D eigenvalue weighted by Crippen LogP contribution is 2.19. The summed E-state index contributed by atoms with van der Waals surface area (Å²) in [7, 11) is -0.768. The van der Waals surface area contributed by atoms with E-state index in [0.717, 1.165) is 34.4 Å². The van der Waals surface area contributed by atoms with Gasteiger partial charge in [0.2, 0.25) is 0 Å². The SMILES string of the molecule is CS(=O)CCCn1c(CCl)nc2cc(Br)cnc21. The predicted molar refractivity (Wildman–Crippen MR) is 78.3 cm³/mol. The van der Waals surface area contributed by atoms with Gasteiger partial charge in [0.25, 0.3) is 0 Å². The fourth-order valence-electron chi connectivity index (χ4n) is 1.80. The van der Waals surface area contributed by atoms with Gasteiger partial charge in [-0.3, -0.25) is 4.21 Å². The molecule has 0 aliphatic rings. The van der Waals surface area contributed by atoms with Crippen LogP contribution in [0, 0.1) is 0 Å². The fourth-order valence-corrected chi connectivity index (χ4v) is 2.86. The Hall–Kier alpha value is -0.460. The van der Waals surface area contributed by atoms with Gasteiger partial charge in [0.05, 0.1) is 5.88 Å². The van der Waals surface area contributed by atoms with E-state index in [0.29, 0.717) is 11.6 Å². The minimum absolute atomic E-state index is 0.350. The molecule has 0 amide bonds. The number of aryl methyl sites for hydroxylation is 1. The first kappa shape index (κ1) is 14.0. The summed E-state index contributed by atoms with van der Waals surface area (Å²) < 4.78 is 14.0. The third-order valence-corrected chi connectivity index (χ3v) is 4.10. The molecule has 18 heavy (non-hydrogen) atoms. The van der Waals surface area contributed by atoms with Gasteiger partial charge in [0, 0.05) is 40.0 Å². The lowest BCUT2D eigenvalue weighted by atomic mass is 10.4. The molecule has 0 radical (unpaired) electrons. The third kappa shape index (κ3) is 3.10. The molecular weight excluding hydrogens is 338 g/mol. The van der Waals surface area contributed by atoms with Crippen molar-refractivity contribution in [3.8, 4) is 0 Å². The van der Waals surface area contributed by atoms with Gasteiger partial charge in [-0.25, -0.2) is 9.97 Å². The van der Waals surface area contributed by atoms with Crippen LogP contribution in [0.5, 0.6) is 0 Å². The topological polar surface area (TPSA) is 47.8 Å². The second kappa shape index (κ2) is 6.12. The van der Waals surface area contributed by atoms with E-state index in [1.807, 2.05) is 10.6 Å². The molecule has 0 saturated heterocycles. The van der Waals surface area contributed by atoms with Crippen LogP contribution in [0.1, 0.15) is 12.2 Å². The number of aromatic nitrogens is 3. The first-order valence-electron chi connectivity index (χ1n) is 5.48. The van der Waals surface area contributed by atoms with Crippen molar-refractivity contribution < 1.29 is 4.21 Å². The fraction of sp³-hybridized carbons (Fsp3) is 0.455. The Balaban J connectivity index is 2.31. The minimum atomic E-state index is -0.768. The molecule has 2 aromatic rings. The Morgan fingerprint density at radius 1 is 1.56 bits per heavy atom. The van der Waals surface area contributed by atoms with Crippen LogP contribution in [0.3, 0.4) is 0 Å². The van der Waals surface area contributed by atoms with Crippen molar-refractivity contribution in [3.63, 3.8) is 0 Å². The van der Waals surface area contributed by atoms with Crippen LogP contribution in [0.4, 0.5) is 0 Å². The second-order valence-electron chi connectivity index (χ2n) is 3.94. The highest BCUT2D eigenvalue weighted by atomic mass is 79.9. The molecule has 4 nitrogen and oxygen atoms in total. The Bertz CT molecular complexity index is 587. The Kier molecular flexibility index (Phi) is 4.75. The molecule has 0 fully saturated rings. The molecule has 1 atom stereocenters. The van der Waals surface area contributed by atoms with Crippen LogP contribution in [-0.4, -0.2) is 30.8 Å². The van der Waals surface area contributed by atoms with Crippen LogP contribution in [0.25, 0.3) is 11.2 Å². The highest BCUT2D eigenvalue weighted by molar-refractivity contribution is 9.10. The number of rotatable bonds is 5. The molecule has 2 rings (SSSR count). The van der Waals surface area contributed by atoms with E-state index in [1.165, 1.54) is 0 Å². The summed E-state index contributed by atoms with van der Waals surface area (Å²) in [6.07, 6.45) is 4.29. The highest BCUT2D eigenvalue weighted by Gasteiger charge is 2.11. The van der Waals surface area contributed by atoms with Crippen LogP contribution < -0.4 is 0 Å². The Morgan fingerprint density at radius 3 is 3.00 bits per heavy atom. The van der Waals surface area contributed by atoms with Crippen molar-refractivity contribution in [2.75, 3.05) is 12.0 Å². The molecule has 0 spiro atoms. The zero-order valence-electron chi connectivity index (χ0n) is 9.90. The van der Waals surface area contributed by atoms with Gasteiger partial charge in [-0.1, -0.05) is 0 Å². The lowest BCUT2D eigenvalue weighted by Gasteiger charge is -2.05. The maximum Gasteiger partial charge on any atom is 0.160 e. The van der Waals surface area contributed by atoms with Crippen molar-refractivity contribution in [1.82, 2.24) is 14.5 Å². The van der Waals surface area contributed by atoms with Gasteiger partial charge >= 0.3 is 0 Å². The van der Waals surface area contributed by atoms with Gasteiger partial charge in [0.1, 0.15) is 11.3 Å². The standard InChI is InChI=1S/C11H13BrClN3OS/c1-18(17)4-2-3-16-10(6-13)15-9-5-8(12)7-14-11(9)16/h5,7H,2-4,6H2,1H3. The summed E-state index contributed by atoms with van der Waals surface area (Å²) in [5.41, 5.74) is 1.66. The Morgan fingerprint density at radius 2 is 2.33 bits per heavy atom. The van der Waals surface area contributed by atoms with E-state index in [2.05, 4.69) is 25.9 Å². The van der Waals surface area contributed by atoms with Crippen molar-refractivity contribution >= 4 is 49.5 Å². The summed E-state index contributed by atoms with van der Waals surface area (Å²) in [4.78, 5) is 8.82. The molecule has 0 aromatic carbocycles. The van der Waals surface area contributed by atoms with E-state index in [4.69, 9.17) is 11.6 Å². The summed E-state index contributed by atoms with van der Waals surface area (Å²) >= 11 is 9.28. The smallest absolute Gasteiger partial charge is 0.160 e. The van der Waals surface area contributed by atoms with E-state index in [1.54, 1.807) is 12.5 Å². The largest absolute Gasteiger partial charge is 0.312 e. The van der Waals surface area contributed by atoms with E-state index in [9.17, 15) is 4.21 Å². The first-order chi connectivity index (χ1) is 8.61. The summed E-state index contributed by atoms with van der Waals surface area (Å²) in [6, 6.07) is 1.92. The first-order valence-corrected chi connectivity index (χ1v) is 8.54. The third-order valence-electron chi connectivity index (χ3n) is 2.56. The average molecular weight is 351 g/mol. The Labute approximate surface area is 121 Å². The number of halogens is 2. The van der Waals surface area contributed by atoms with E-state index < -0.39 is 10.8 Å². The number of pyridine rings is 1. The number of fused-ring (bicyclic) bond motifs is 1. The summed E-state index contributed by atoms with van der Waals surface area (Å²) in [5, 5.41) is 0. The molecule has 0 N–H and O–H groups in total. The van der Waals surface area contributed by atoms with Gasteiger partial charge in [-0.2, -0.15) is 0 Å². The van der Waals surface area contributed by atoms with Gasteiger partial charge < -0.3 is 4.57 Å². The minimum Gasteiger partial charge on any atom is -0.312 e. The number of nitrogens with zero attached hydrogens (tertiary/aromatic N) is 3. The van der Waals surface area contributed by atoms with Crippen molar-refractivity contribution in [2.45, 2.75) is 18.8 Å². The van der Waals surface area contributed by atoms with Crippen molar-refractivity contribution in [3.05, 3.63) is 22.6 Å². The van der Waals surface area contributed by atoms with Crippen molar-refractivity contribution in [1.29, 1.82) is 0 Å². The quantitative estimate of drug-likeness (QED) is 0.779. The average Bonchev–Trinajstić information content (AvgIpc) is 2.66. The molecule has 98 valence electrons. The molecule has 1 unspecified atom stereocenters. The van der Waals surface area contributed by atoms with E-state index in [-0.39, 0.29) is 0 Å². The van der Waals surface area contributed by atoms with Crippen LogP contribution in [-0.2, 0) is 23.2 Å². The van der Waals surface area contributed by atoms with Crippen LogP contribution >= 0.6 is 27.5 Å². The number of hydrogen-bond donors (Lipinski definition) is 0. The van der Waals surface area contributed by atoms with E-state index >= 15 is 0 Å². The predicted octanol–water partition coefficient (Wildman–Crippen LogP) is 2.70. The molecule has 2 aromatic heterocycles. The maximum atomic E-state index is 11.1. The molecule has 7 heteroatoms. The van der Waals surface area contributed by atoms with Gasteiger partial charge in [-0.15, -0.1) is 11.6 Å². The molecule has 2 heterocycles.